The zero-order valence-corrected chi connectivity index (χ0v) is 9.83. The second-order valence-corrected chi connectivity index (χ2v) is 4.42. The van der Waals surface area contributed by atoms with Crippen molar-refractivity contribution in [3.05, 3.63) is 23.8 Å². The lowest BCUT2D eigenvalue weighted by Gasteiger charge is -2.22. The van der Waals surface area contributed by atoms with Crippen LogP contribution in [0.4, 0.5) is 0 Å². The normalized spacial score (nSPS) is 20.1. The first-order valence-electron chi connectivity index (χ1n) is 5.98. The van der Waals surface area contributed by atoms with Gasteiger partial charge in [0, 0.05) is 18.7 Å². The van der Waals surface area contributed by atoms with E-state index in [-0.39, 0.29) is 5.82 Å². The number of amides is 1. The van der Waals surface area contributed by atoms with Crippen LogP contribution in [0.5, 0.6) is 0 Å². The highest BCUT2D eigenvalue weighted by Crippen LogP contribution is 2.22. The van der Waals surface area contributed by atoms with Gasteiger partial charge in [0.2, 0.25) is 5.82 Å². The monoisotopic (exact) mass is 246 g/mol. The number of carbonyl (C=O) groups excluding carboxylic acids is 1. The van der Waals surface area contributed by atoms with Crippen LogP contribution in [0.25, 0.3) is 5.78 Å². The molecular weight excluding hydrogens is 232 g/mol. The third-order valence-corrected chi connectivity index (χ3v) is 3.21. The van der Waals surface area contributed by atoms with Gasteiger partial charge in [-0.3, -0.25) is 4.79 Å². The van der Waals surface area contributed by atoms with Gasteiger partial charge in [-0.25, -0.2) is 9.50 Å². The Morgan fingerprint density at radius 1 is 1.56 bits per heavy atom. The maximum Gasteiger partial charge on any atom is 0.288 e. The van der Waals surface area contributed by atoms with Crippen LogP contribution >= 0.6 is 0 Å². The molecule has 0 aromatic carbocycles. The van der Waals surface area contributed by atoms with Crippen molar-refractivity contribution < 1.29 is 4.79 Å². The van der Waals surface area contributed by atoms with Crippen molar-refractivity contribution >= 4 is 11.7 Å². The number of piperidine rings is 1. The van der Waals surface area contributed by atoms with Gasteiger partial charge in [-0.05, 0) is 25.5 Å². The van der Waals surface area contributed by atoms with Gasteiger partial charge >= 0.3 is 0 Å². The molecule has 1 amide bonds. The van der Waals surface area contributed by atoms with Crippen molar-refractivity contribution in [1.29, 1.82) is 0 Å². The molecule has 0 radical (unpaired) electrons. The first kappa shape index (κ1) is 11.1. The van der Waals surface area contributed by atoms with E-state index in [2.05, 4.69) is 20.4 Å². The second-order valence-electron chi connectivity index (χ2n) is 4.42. The number of nitrogens with one attached hydrogen (secondary N) is 1. The summed E-state index contributed by atoms with van der Waals surface area (Å²) >= 11 is 0. The average molecular weight is 246 g/mol. The maximum absolute atomic E-state index is 11.1. The van der Waals surface area contributed by atoms with Crippen LogP contribution in [0.15, 0.2) is 12.3 Å². The van der Waals surface area contributed by atoms with Crippen molar-refractivity contribution in [1.82, 2.24) is 24.9 Å². The van der Waals surface area contributed by atoms with E-state index in [1.165, 1.54) is 0 Å². The second kappa shape index (κ2) is 4.34. The molecule has 0 spiro atoms. The molecule has 1 aliphatic rings. The Labute approximate surface area is 103 Å². The quantitative estimate of drug-likeness (QED) is 0.757. The van der Waals surface area contributed by atoms with Crippen LogP contribution in [-0.2, 0) is 0 Å². The van der Waals surface area contributed by atoms with Crippen molar-refractivity contribution in [3.63, 3.8) is 0 Å². The van der Waals surface area contributed by atoms with E-state index in [0.717, 1.165) is 31.6 Å². The van der Waals surface area contributed by atoms with E-state index in [0.29, 0.717) is 11.7 Å². The molecule has 2 aromatic rings. The zero-order chi connectivity index (χ0) is 12.5. The molecule has 3 heterocycles. The number of hydrogen-bond acceptors (Lipinski definition) is 5. The van der Waals surface area contributed by atoms with E-state index in [1.807, 2.05) is 6.07 Å². The third-order valence-electron chi connectivity index (χ3n) is 3.21. The van der Waals surface area contributed by atoms with Crippen molar-refractivity contribution in [3.8, 4) is 0 Å². The van der Waals surface area contributed by atoms with E-state index in [1.54, 1.807) is 10.7 Å². The van der Waals surface area contributed by atoms with Crippen molar-refractivity contribution in [2.24, 2.45) is 5.73 Å². The molecule has 7 nitrogen and oxygen atoms in total. The Bertz CT molecular complexity index is 586. The van der Waals surface area contributed by atoms with Crippen LogP contribution in [0.1, 0.15) is 35.1 Å². The molecule has 3 rings (SSSR count). The van der Waals surface area contributed by atoms with E-state index in [9.17, 15) is 4.79 Å². The van der Waals surface area contributed by atoms with Crippen LogP contribution in [-0.4, -0.2) is 38.6 Å². The lowest BCUT2D eigenvalue weighted by atomic mass is 9.96. The Morgan fingerprint density at radius 3 is 3.17 bits per heavy atom. The maximum atomic E-state index is 11.1. The molecule has 3 N–H and O–H groups in total. The fourth-order valence-electron chi connectivity index (χ4n) is 2.33. The Balaban J connectivity index is 2.07. The number of primary amides is 1. The number of hydrogen-bond donors (Lipinski definition) is 2. The van der Waals surface area contributed by atoms with Gasteiger partial charge in [0.05, 0.1) is 5.69 Å². The van der Waals surface area contributed by atoms with E-state index in [4.69, 9.17) is 5.73 Å². The van der Waals surface area contributed by atoms with E-state index < -0.39 is 5.91 Å². The van der Waals surface area contributed by atoms with Crippen LogP contribution in [0.2, 0.25) is 0 Å². The van der Waals surface area contributed by atoms with Gasteiger partial charge in [0.15, 0.2) is 0 Å². The molecule has 7 heteroatoms. The topological polar surface area (TPSA) is 98.2 Å². The highest BCUT2D eigenvalue weighted by Gasteiger charge is 2.20. The van der Waals surface area contributed by atoms with Gasteiger partial charge in [0.1, 0.15) is 0 Å². The van der Waals surface area contributed by atoms with Crippen molar-refractivity contribution in [2.45, 2.75) is 18.8 Å². The Morgan fingerprint density at radius 2 is 2.44 bits per heavy atom. The van der Waals surface area contributed by atoms with Gasteiger partial charge in [-0.2, -0.15) is 4.98 Å². The molecule has 0 bridgehead atoms. The minimum atomic E-state index is -0.631. The third kappa shape index (κ3) is 1.82. The highest BCUT2D eigenvalue weighted by atomic mass is 16.1. The molecule has 1 fully saturated rings. The smallest absolute Gasteiger partial charge is 0.288 e. The summed E-state index contributed by atoms with van der Waals surface area (Å²) in [5.41, 5.74) is 6.21. The van der Waals surface area contributed by atoms with Gasteiger partial charge < -0.3 is 11.1 Å². The molecule has 94 valence electrons. The van der Waals surface area contributed by atoms with Crippen LogP contribution < -0.4 is 11.1 Å². The van der Waals surface area contributed by atoms with Crippen LogP contribution in [0, 0.1) is 0 Å². The molecule has 1 saturated heterocycles. The molecule has 0 saturated carbocycles. The van der Waals surface area contributed by atoms with Gasteiger partial charge in [0.25, 0.3) is 11.7 Å². The number of rotatable bonds is 2. The van der Waals surface area contributed by atoms with Gasteiger partial charge in [-0.15, -0.1) is 5.10 Å². The number of nitrogens with zero attached hydrogens (tertiary/aromatic N) is 4. The number of fused-ring (bicyclic) bond motifs is 1. The SMILES string of the molecule is NC(=O)c1nc2nccc(C3CCCNC3)n2n1. The molecule has 1 unspecified atom stereocenters. The van der Waals surface area contributed by atoms with Gasteiger partial charge in [-0.1, -0.05) is 0 Å². The highest BCUT2D eigenvalue weighted by molar-refractivity contribution is 5.89. The number of nitrogens with two attached hydrogens (primary N) is 1. The molecule has 1 atom stereocenters. The molecular formula is C11H14N6O. The average Bonchev–Trinajstić information content (AvgIpc) is 2.83. The molecule has 18 heavy (non-hydrogen) atoms. The van der Waals surface area contributed by atoms with Crippen molar-refractivity contribution in [2.75, 3.05) is 13.1 Å². The fourth-order valence-corrected chi connectivity index (χ4v) is 2.33. The summed E-state index contributed by atoms with van der Waals surface area (Å²) in [6.07, 6.45) is 3.92. The first-order chi connectivity index (χ1) is 8.75. The number of aromatic nitrogens is 4. The first-order valence-corrected chi connectivity index (χ1v) is 5.98. The lowest BCUT2D eigenvalue weighted by Crippen LogP contribution is -2.29. The molecule has 2 aromatic heterocycles. The van der Waals surface area contributed by atoms with Crippen LogP contribution in [0.3, 0.4) is 0 Å². The Kier molecular flexibility index (Phi) is 2.67. The molecule has 1 aliphatic heterocycles. The zero-order valence-electron chi connectivity index (χ0n) is 9.83. The standard InChI is InChI=1S/C11H14N6O/c12-9(18)10-15-11-14-5-3-8(17(11)16-10)7-2-1-4-13-6-7/h3,5,7,13H,1-2,4,6H2,(H2,12,18). The minimum absolute atomic E-state index is 0.0127. The summed E-state index contributed by atoms with van der Waals surface area (Å²) in [6, 6.07) is 1.92. The fraction of sp³-hybridized carbons (Fsp3) is 0.455. The Hall–Kier alpha value is -2.02. The summed E-state index contributed by atoms with van der Waals surface area (Å²) in [6.45, 7) is 1.96. The molecule has 0 aliphatic carbocycles. The number of carbonyl (C=O) groups is 1. The minimum Gasteiger partial charge on any atom is -0.363 e. The summed E-state index contributed by atoms with van der Waals surface area (Å²) in [4.78, 5) is 19.2. The summed E-state index contributed by atoms with van der Waals surface area (Å²) in [5, 5.41) is 7.48. The predicted octanol–water partition coefficient (Wildman–Crippen LogP) is -0.310. The largest absolute Gasteiger partial charge is 0.363 e. The lowest BCUT2D eigenvalue weighted by molar-refractivity contribution is 0.0990. The summed E-state index contributed by atoms with van der Waals surface area (Å²) < 4.78 is 1.62. The predicted molar refractivity (Wildman–Crippen MR) is 64.1 cm³/mol. The summed E-state index contributed by atoms with van der Waals surface area (Å²) in [5.74, 6) is 0.172. The van der Waals surface area contributed by atoms with E-state index >= 15 is 0 Å². The summed E-state index contributed by atoms with van der Waals surface area (Å²) in [7, 11) is 0.